The van der Waals surface area contributed by atoms with Gasteiger partial charge in [0.05, 0.1) is 13.0 Å². The van der Waals surface area contributed by atoms with E-state index in [1.54, 1.807) is 11.8 Å². The number of fused-ring (bicyclic) bond motifs is 1. The summed E-state index contributed by atoms with van der Waals surface area (Å²) in [4.78, 5) is 45.0. The van der Waals surface area contributed by atoms with Crippen molar-refractivity contribution >= 4 is 34.8 Å². The molecule has 4 heterocycles. The van der Waals surface area contributed by atoms with Crippen LogP contribution >= 0.6 is 11.8 Å². The average Bonchev–Trinajstić information content (AvgIpc) is 3.31. The Hall–Kier alpha value is -2.03. The molecule has 140 valence electrons. The van der Waals surface area contributed by atoms with E-state index in [1.807, 2.05) is 17.2 Å². The minimum Gasteiger partial charge on any atom is -0.342 e. The van der Waals surface area contributed by atoms with Gasteiger partial charge in [0.25, 0.3) is 5.91 Å². The van der Waals surface area contributed by atoms with E-state index >= 15 is 0 Å². The van der Waals surface area contributed by atoms with Crippen LogP contribution in [0.2, 0.25) is 0 Å². The number of amides is 4. The molecule has 0 aromatic carbocycles. The van der Waals surface area contributed by atoms with Gasteiger partial charge in [0, 0.05) is 25.3 Å². The molecular weight excluding hydrogens is 354 g/mol. The second kappa shape index (κ2) is 6.61. The molecule has 0 aromatic rings. The van der Waals surface area contributed by atoms with E-state index in [-0.39, 0.29) is 17.7 Å². The first kappa shape index (κ1) is 17.4. The third-order valence-electron chi connectivity index (χ3n) is 5.85. The van der Waals surface area contributed by atoms with Gasteiger partial charge in [-0.15, -0.1) is 0 Å². The molecule has 0 aromatic heterocycles. The van der Waals surface area contributed by atoms with Gasteiger partial charge < -0.3 is 15.1 Å². The van der Waals surface area contributed by atoms with Crippen molar-refractivity contribution < 1.29 is 14.4 Å². The van der Waals surface area contributed by atoms with Gasteiger partial charge in [0.2, 0.25) is 5.91 Å². The molecule has 0 bridgehead atoms. The number of hydrogen-bond donors (Lipinski definition) is 2. The van der Waals surface area contributed by atoms with E-state index in [4.69, 9.17) is 0 Å². The molecule has 26 heavy (non-hydrogen) atoms. The summed E-state index contributed by atoms with van der Waals surface area (Å²) in [7, 11) is 0. The lowest BCUT2D eigenvalue weighted by atomic mass is 9.76. The normalized spacial score (nSPS) is 28.7. The second-order valence-corrected chi connectivity index (χ2v) is 7.94. The average molecular weight is 377 g/mol. The van der Waals surface area contributed by atoms with Crippen LogP contribution in [0, 0.1) is 5.92 Å². The predicted octanol–water partition coefficient (Wildman–Crippen LogP) is 0.863. The zero-order valence-corrected chi connectivity index (χ0v) is 15.6. The maximum absolute atomic E-state index is 12.7. The fourth-order valence-corrected chi connectivity index (χ4v) is 5.29. The third kappa shape index (κ3) is 2.78. The Bertz CT molecular complexity index is 713. The number of aliphatic imine (C=N–C) groups is 1. The number of piperidine rings is 1. The third-order valence-corrected chi connectivity index (χ3v) is 6.80. The van der Waals surface area contributed by atoms with Crippen molar-refractivity contribution in [1.82, 2.24) is 20.4 Å². The molecule has 0 aliphatic carbocycles. The van der Waals surface area contributed by atoms with Crippen molar-refractivity contribution in [2.75, 3.05) is 26.2 Å². The Morgan fingerprint density at radius 3 is 2.77 bits per heavy atom. The summed E-state index contributed by atoms with van der Waals surface area (Å²) in [5.74, 6) is -0.0563. The molecule has 0 radical (unpaired) electrons. The van der Waals surface area contributed by atoms with Crippen LogP contribution in [0.15, 0.2) is 16.1 Å². The summed E-state index contributed by atoms with van der Waals surface area (Å²) in [6.45, 7) is 4.82. The second-order valence-electron chi connectivity index (χ2n) is 7.11. The van der Waals surface area contributed by atoms with Crippen LogP contribution in [0.25, 0.3) is 0 Å². The smallest absolute Gasteiger partial charge is 0.322 e. The lowest BCUT2D eigenvalue weighted by Gasteiger charge is -2.40. The summed E-state index contributed by atoms with van der Waals surface area (Å²) in [6.07, 6.45) is 2.40. The van der Waals surface area contributed by atoms with E-state index in [2.05, 4.69) is 20.5 Å². The van der Waals surface area contributed by atoms with E-state index in [0.717, 1.165) is 36.8 Å². The molecule has 0 saturated carbocycles. The van der Waals surface area contributed by atoms with E-state index < -0.39 is 11.6 Å². The van der Waals surface area contributed by atoms with Crippen LogP contribution in [0.3, 0.4) is 0 Å². The van der Waals surface area contributed by atoms with Gasteiger partial charge in [0.15, 0.2) is 5.17 Å². The summed E-state index contributed by atoms with van der Waals surface area (Å²) in [6, 6.07) is -0.413. The number of amidine groups is 1. The molecule has 4 rings (SSSR count). The van der Waals surface area contributed by atoms with Crippen molar-refractivity contribution in [3.05, 3.63) is 11.1 Å². The summed E-state index contributed by atoms with van der Waals surface area (Å²) in [5, 5.41) is 8.21. The highest BCUT2D eigenvalue weighted by molar-refractivity contribution is 8.16. The van der Waals surface area contributed by atoms with Gasteiger partial charge >= 0.3 is 6.03 Å². The highest BCUT2D eigenvalue weighted by atomic mass is 32.2. The summed E-state index contributed by atoms with van der Waals surface area (Å²) < 4.78 is 0. The lowest BCUT2D eigenvalue weighted by molar-refractivity contribution is -0.133. The van der Waals surface area contributed by atoms with Crippen molar-refractivity contribution in [3.63, 3.8) is 0 Å². The first-order valence-electron chi connectivity index (χ1n) is 9.12. The number of carbonyl (C=O) groups is 3. The maximum atomic E-state index is 12.7. The molecule has 0 spiro atoms. The molecule has 9 heteroatoms. The van der Waals surface area contributed by atoms with E-state index in [1.165, 1.54) is 0 Å². The zero-order valence-electron chi connectivity index (χ0n) is 14.8. The van der Waals surface area contributed by atoms with Crippen molar-refractivity contribution in [1.29, 1.82) is 0 Å². The molecule has 2 N–H and O–H groups in total. The highest BCUT2D eigenvalue weighted by Gasteiger charge is 2.51. The SMILES string of the molecule is CCC1(C2CCN(C(=O)CC3=CSC4=NCCN34)CC2)NC(=O)NC1=O. The van der Waals surface area contributed by atoms with Crippen LogP contribution in [0.5, 0.6) is 0 Å². The number of thioether (sulfide) groups is 1. The van der Waals surface area contributed by atoms with Gasteiger partial charge in [-0.25, -0.2) is 4.79 Å². The van der Waals surface area contributed by atoms with Crippen molar-refractivity contribution in [3.8, 4) is 0 Å². The molecule has 4 aliphatic heterocycles. The molecule has 2 saturated heterocycles. The van der Waals surface area contributed by atoms with Crippen LogP contribution in [-0.4, -0.2) is 64.5 Å². The quantitative estimate of drug-likeness (QED) is 0.709. The Labute approximate surface area is 156 Å². The number of imide groups is 1. The minimum absolute atomic E-state index is 0.0570. The van der Waals surface area contributed by atoms with Gasteiger partial charge in [-0.2, -0.15) is 0 Å². The molecule has 8 nitrogen and oxygen atoms in total. The Morgan fingerprint density at radius 2 is 2.12 bits per heavy atom. The molecule has 1 atom stereocenters. The zero-order chi connectivity index (χ0) is 18.3. The Morgan fingerprint density at radius 1 is 1.35 bits per heavy atom. The summed E-state index contributed by atoms with van der Waals surface area (Å²) in [5.41, 5.74) is 0.212. The Kier molecular flexibility index (Phi) is 4.42. The monoisotopic (exact) mass is 377 g/mol. The van der Waals surface area contributed by atoms with Gasteiger partial charge in [0.1, 0.15) is 5.54 Å². The van der Waals surface area contributed by atoms with E-state index in [9.17, 15) is 14.4 Å². The molecular formula is C17H23N5O3S. The topological polar surface area (TPSA) is 94.1 Å². The number of likely N-dealkylation sites (tertiary alicyclic amines) is 1. The van der Waals surface area contributed by atoms with Crippen LogP contribution in [-0.2, 0) is 9.59 Å². The Balaban J connectivity index is 1.35. The van der Waals surface area contributed by atoms with Crippen LogP contribution in [0.1, 0.15) is 32.6 Å². The molecule has 1 unspecified atom stereocenters. The first-order valence-corrected chi connectivity index (χ1v) is 10.0. The van der Waals surface area contributed by atoms with Gasteiger partial charge in [-0.3, -0.25) is 19.9 Å². The summed E-state index contributed by atoms with van der Waals surface area (Å²) >= 11 is 1.59. The largest absolute Gasteiger partial charge is 0.342 e. The van der Waals surface area contributed by atoms with E-state index in [0.29, 0.717) is 25.9 Å². The van der Waals surface area contributed by atoms with Crippen molar-refractivity contribution in [2.24, 2.45) is 10.9 Å². The predicted molar refractivity (Wildman–Crippen MR) is 98.3 cm³/mol. The number of carbonyl (C=O) groups excluding carboxylic acids is 3. The molecule has 2 fully saturated rings. The first-order chi connectivity index (χ1) is 12.5. The number of hydrogen-bond acceptors (Lipinski definition) is 6. The number of rotatable bonds is 4. The van der Waals surface area contributed by atoms with Gasteiger partial charge in [-0.1, -0.05) is 18.7 Å². The molecule has 4 amide bonds. The highest BCUT2D eigenvalue weighted by Crippen LogP contribution is 2.35. The fraction of sp³-hybridized carbons (Fsp3) is 0.647. The lowest BCUT2D eigenvalue weighted by Crippen LogP contribution is -2.56. The van der Waals surface area contributed by atoms with Crippen LogP contribution < -0.4 is 10.6 Å². The minimum atomic E-state index is -0.822. The number of nitrogens with zero attached hydrogens (tertiary/aromatic N) is 3. The standard InChI is InChI=1S/C17H23N5O3S/c1-2-17(14(24)19-15(25)20-17)11-3-6-21(7-4-11)13(23)9-12-10-26-16-18-5-8-22(12)16/h10-11H,2-9H2,1H3,(H2,19,20,24,25). The molecule has 4 aliphatic rings. The number of nitrogens with one attached hydrogen (secondary N) is 2. The van der Waals surface area contributed by atoms with Gasteiger partial charge in [-0.05, 0) is 30.6 Å². The van der Waals surface area contributed by atoms with Crippen LogP contribution in [0.4, 0.5) is 4.79 Å². The van der Waals surface area contributed by atoms with Crippen molar-refractivity contribution in [2.45, 2.75) is 38.1 Å². The maximum Gasteiger partial charge on any atom is 0.322 e. The number of urea groups is 1. The fourth-order valence-electron chi connectivity index (χ4n) is 4.33.